The van der Waals surface area contributed by atoms with Crippen LogP contribution in [0.2, 0.25) is 0 Å². The number of halogens is 1. The maximum Gasteiger partial charge on any atom is 0.341 e. The molecule has 8 heteroatoms. The lowest BCUT2D eigenvalue weighted by atomic mass is 10.1. The molecule has 0 atom stereocenters. The van der Waals surface area contributed by atoms with Crippen LogP contribution >= 0.6 is 0 Å². The smallest absolute Gasteiger partial charge is 0.341 e. The number of nitrogens with zero attached hydrogens (tertiary/aromatic N) is 2. The Labute approximate surface area is 160 Å². The van der Waals surface area contributed by atoms with Gasteiger partial charge in [-0.1, -0.05) is 6.07 Å². The number of carbonyl (C=O) groups excluding carboxylic acids is 2. The van der Waals surface area contributed by atoms with E-state index in [9.17, 15) is 18.8 Å². The number of amides is 2. The molecule has 0 aromatic heterocycles. The van der Waals surface area contributed by atoms with Crippen molar-refractivity contribution in [1.82, 2.24) is 9.80 Å². The highest BCUT2D eigenvalue weighted by Crippen LogP contribution is 2.17. The van der Waals surface area contributed by atoms with E-state index in [-0.39, 0.29) is 11.8 Å². The number of piperazine rings is 1. The first-order chi connectivity index (χ1) is 13.4. The summed E-state index contributed by atoms with van der Waals surface area (Å²) in [4.78, 5) is 39.0. The molecule has 0 aliphatic carbocycles. The Morgan fingerprint density at radius 3 is 2.04 bits per heavy atom. The van der Waals surface area contributed by atoms with E-state index in [1.54, 1.807) is 28.0 Å². The van der Waals surface area contributed by atoms with E-state index in [0.29, 0.717) is 43.1 Å². The molecule has 28 heavy (non-hydrogen) atoms. The Morgan fingerprint density at radius 2 is 1.46 bits per heavy atom. The highest BCUT2D eigenvalue weighted by Gasteiger charge is 2.25. The topological polar surface area (TPSA) is 87.2 Å². The molecule has 1 heterocycles. The molecule has 146 valence electrons. The second kappa shape index (κ2) is 8.51. The van der Waals surface area contributed by atoms with Crippen LogP contribution in [-0.4, -0.2) is 65.5 Å². The van der Waals surface area contributed by atoms with Gasteiger partial charge in [0.25, 0.3) is 11.8 Å². The summed E-state index contributed by atoms with van der Waals surface area (Å²) in [5, 5.41) is 8.67. The fraction of sp³-hybridized carbons (Fsp3) is 0.250. The molecule has 3 rings (SSSR count). The molecule has 1 fully saturated rings. The van der Waals surface area contributed by atoms with Gasteiger partial charge in [-0.15, -0.1) is 0 Å². The molecule has 0 radical (unpaired) electrons. The van der Waals surface area contributed by atoms with Crippen LogP contribution in [0.4, 0.5) is 4.39 Å². The average Bonchev–Trinajstić information content (AvgIpc) is 2.72. The van der Waals surface area contributed by atoms with Crippen LogP contribution in [0, 0.1) is 5.82 Å². The summed E-state index contributed by atoms with van der Waals surface area (Å²) in [6.07, 6.45) is 0. The van der Waals surface area contributed by atoms with Crippen molar-refractivity contribution in [2.75, 3.05) is 32.8 Å². The normalized spacial score (nSPS) is 13.9. The largest absolute Gasteiger partial charge is 0.482 e. The van der Waals surface area contributed by atoms with Gasteiger partial charge in [-0.3, -0.25) is 9.59 Å². The molecule has 0 unspecified atom stereocenters. The Bertz CT molecular complexity index is 876. The number of carboxylic acid groups (broad SMARTS) is 1. The number of carbonyl (C=O) groups is 3. The number of ether oxygens (including phenoxy) is 1. The van der Waals surface area contributed by atoms with Crippen molar-refractivity contribution in [3.05, 3.63) is 65.5 Å². The van der Waals surface area contributed by atoms with Gasteiger partial charge in [0.15, 0.2) is 6.61 Å². The summed E-state index contributed by atoms with van der Waals surface area (Å²) in [6.45, 7) is 0.994. The summed E-state index contributed by atoms with van der Waals surface area (Å²) < 4.78 is 18.1. The van der Waals surface area contributed by atoms with Crippen LogP contribution in [0.5, 0.6) is 5.75 Å². The molecule has 2 aromatic rings. The third-order valence-electron chi connectivity index (χ3n) is 4.39. The van der Waals surface area contributed by atoms with E-state index in [1.807, 2.05) is 0 Å². The van der Waals surface area contributed by atoms with Crippen molar-refractivity contribution in [3.8, 4) is 5.75 Å². The minimum atomic E-state index is -1.10. The number of hydrogen-bond donors (Lipinski definition) is 1. The first-order valence-electron chi connectivity index (χ1n) is 8.73. The molecular weight excluding hydrogens is 367 g/mol. The highest BCUT2D eigenvalue weighted by atomic mass is 19.1. The lowest BCUT2D eigenvalue weighted by Crippen LogP contribution is -2.50. The predicted molar refractivity (Wildman–Crippen MR) is 97.8 cm³/mol. The molecule has 1 saturated heterocycles. The Hall–Kier alpha value is -3.42. The van der Waals surface area contributed by atoms with Crippen molar-refractivity contribution in [1.29, 1.82) is 0 Å². The van der Waals surface area contributed by atoms with Crippen LogP contribution in [-0.2, 0) is 4.79 Å². The third kappa shape index (κ3) is 4.64. The highest BCUT2D eigenvalue weighted by molar-refractivity contribution is 5.96. The number of benzene rings is 2. The molecule has 0 bridgehead atoms. The van der Waals surface area contributed by atoms with E-state index in [1.165, 1.54) is 30.3 Å². The molecular formula is C20H19FN2O5. The zero-order chi connectivity index (χ0) is 20.1. The maximum absolute atomic E-state index is 13.0. The van der Waals surface area contributed by atoms with Gasteiger partial charge in [0, 0.05) is 37.3 Å². The van der Waals surface area contributed by atoms with Gasteiger partial charge in [-0.05, 0) is 42.5 Å². The zero-order valence-corrected chi connectivity index (χ0v) is 15.0. The first kappa shape index (κ1) is 19.3. The lowest BCUT2D eigenvalue weighted by molar-refractivity contribution is -0.139. The maximum atomic E-state index is 13.0. The lowest BCUT2D eigenvalue weighted by Gasteiger charge is -2.35. The van der Waals surface area contributed by atoms with Gasteiger partial charge in [0.05, 0.1) is 0 Å². The second-order valence-electron chi connectivity index (χ2n) is 6.30. The summed E-state index contributed by atoms with van der Waals surface area (Å²) in [5.74, 6) is -1.61. The fourth-order valence-electron chi connectivity index (χ4n) is 2.93. The number of aliphatic carboxylic acids is 1. The van der Waals surface area contributed by atoms with E-state index < -0.39 is 18.4 Å². The summed E-state index contributed by atoms with van der Waals surface area (Å²) in [7, 11) is 0. The Kier molecular flexibility index (Phi) is 5.88. The van der Waals surface area contributed by atoms with Crippen molar-refractivity contribution < 1.29 is 28.6 Å². The fourth-order valence-corrected chi connectivity index (χ4v) is 2.93. The van der Waals surface area contributed by atoms with Crippen LogP contribution in [0.15, 0.2) is 48.5 Å². The molecule has 0 saturated carbocycles. The quantitative estimate of drug-likeness (QED) is 0.848. The van der Waals surface area contributed by atoms with Crippen LogP contribution in [0.1, 0.15) is 20.7 Å². The Balaban J connectivity index is 1.59. The van der Waals surface area contributed by atoms with Gasteiger partial charge in [0.2, 0.25) is 0 Å². The molecule has 2 aromatic carbocycles. The van der Waals surface area contributed by atoms with E-state index >= 15 is 0 Å². The van der Waals surface area contributed by atoms with Gasteiger partial charge >= 0.3 is 5.97 Å². The van der Waals surface area contributed by atoms with Crippen LogP contribution < -0.4 is 4.74 Å². The molecule has 2 amide bonds. The molecule has 0 spiro atoms. The third-order valence-corrected chi connectivity index (χ3v) is 4.39. The standard InChI is InChI=1S/C20H19FN2O5/c21-16-6-4-14(5-7-16)19(26)22-8-10-23(11-9-22)20(27)15-2-1-3-17(12-15)28-13-18(24)25/h1-7,12H,8-11,13H2,(H,24,25). The number of carboxylic acids is 1. The molecule has 1 aliphatic rings. The zero-order valence-electron chi connectivity index (χ0n) is 15.0. The Morgan fingerprint density at radius 1 is 0.893 bits per heavy atom. The first-order valence-corrected chi connectivity index (χ1v) is 8.73. The number of hydrogen-bond acceptors (Lipinski definition) is 4. The monoisotopic (exact) mass is 386 g/mol. The van der Waals surface area contributed by atoms with E-state index in [0.717, 1.165) is 0 Å². The predicted octanol–water partition coefficient (Wildman–Crippen LogP) is 1.89. The SMILES string of the molecule is O=C(O)COc1cccc(C(=O)N2CCN(C(=O)c3ccc(F)cc3)CC2)c1. The summed E-state index contributed by atoms with van der Waals surface area (Å²) in [5.41, 5.74) is 0.797. The van der Waals surface area contributed by atoms with Gasteiger partial charge < -0.3 is 19.6 Å². The van der Waals surface area contributed by atoms with Gasteiger partial charge in [-0.25, -0.2) is 9.18 Å². The second-order valence-corrected chi connectivity index (χ2v) is 6.30. The van der Waals surface area contributed by atoms with E-state index in [2.05, 4.69) is 0 Å². The van der Waals surface area contributed by atoms with Crippen molar-refractivity contribution in [2.45, 2.75) is 0 Å². The minimum absolute atomic E-state index is 0.198. The summed E-state index contributed by atoms with van der Waals surface area (Å²) >= 11 is 0. The molecule has 1 aliphatic heterocycles. The molecule has 7 nitrogen and oxygen atoms in total. The number of rotatable bonds is 5. The van der Waals surface area contributed by atoms with Crippen molar-refractivity contribution in [2.24, 2.45) is 0 Å². The molecule has 1 N–H and O–H groups in total. The van der Waals surface area contributed by atoms with Crippen molar-refractivity contribution in [3.63, 3.8) is 0 Å². The van der Waals surface area contributed by atoms with Gasteiger partial charge in [0.1, 0.15) is 11.6 Å². The van der Waals surface area contributed by atoms with Gasteiger partial charge in [-0.2, -0.15) is 0 Å². The summed E-state index contributed by atoms with van der Waals surface area (Å²) in [6, 6.07) is 11.7. The minimum Gasteiger partial charge on any atom is -0.482 e. The average molecular weight is 386 g/mol. The van der Waals surface area contributed by atoms with Crippen LogP contribution in [0.3, 0.4) is 0 Å². The van der Waals surface area contributed by atoms with Crippen molar-refractivity contribution >= 4 is 17.8 Å². The van der Waals surface area contributed by atoms with Crippen LogP contribution in [0.25, 0.3) is 0 Å². The van der Waals surface area contributed by atoms with E-state index in [4.69, 9.17) is 9.84 Å².